The summed E-state index contributed by atoms with van der Waals surface area (Å²) in [6.45, 7) is 8.99. The van der Waals surface area contributed by atoms with E-state index in [9.17, 15) is 0 Å². The predicted molar refractivity (Wildman–Crippen MR) is 55.9 cm³/mol. The van der Waals surface area contributed by atoms with Crippen molar-refractivity contribution in [2.75, 3.05) is 32.7 Å². The fourth-order valence-corrected chi connectivity index (χ4v) is 2.80. The molecular formula is C11H22N2. The smallest absolute Gasteiger partial charge is 0.0223 e. The van der Waals surface area contributed by atoms with Crippen LogP contribution in [0.3, 0.4) is 0 Å². The molecule has 13 heavy (non-hydrogen) atoms. The molecule has 2 heteroatoms. The summed E-state index contributed by atoms with van der Waals surface area (Å²) in [6.07, 6.45) is 5.58. The summed E-state index contributed by atoms with van der Waals surface area (Å²) in [6, 6.07) is 0.897. The van der Waals surface area contributed by atoms with Gasteiger partial charge in [0.05, 0.1) is 0 Å². The van der Waals surface area contributed by atoms with Crippen molar-refractivity contribution in [3.63, 3.8) is 0 Å². The lowest BCUT2D eigenvalue weighted by Gasteiger charge is -2.25. The Morgan fingerprint density at radius 3 is 2.85 bits per heavy atom. The molecule has 2 aliphatic rings. The molecule has 0 radical (unpaired) electrons. The monoisotopic (exact) mass is 182 g/mol. The largest absolute Gasteiger partial charge is 0.302 e. The molecule has 0 spiro atoms. The fourth-order valence-electron chi connectivity index (χ4n) is 2.80. The zero-order chi connectivity index (χ0) is 9.10. The number of hydrogen-bond donors (Lipinski definition) is 0. The van der Waals surface area contributed by atoms with Gasteiger partial charge in [0.15, 0.2) is 0 Å². The Morgan fingerprint density at radius 1 is 1.15 bits per heavy atom. The summed E-state index contributed by atoms with van der Waals surface area (Å²) in [4.78, 5) is 5.37. The van der Waals surface area contributed by atoms with E-state index in [4.69, 9.17) is 0 Å². The molecule has 1 unspecified atom stereocenters. The van der Waals surface area contributed by atoms with Crippen LogP contribution in [0.5, 0.6) is 0 Å². The molecule has 2 rings (SSSR count). The van der Waals surface area contributed by atoms with Gasteiger partial charge in [-0.2, -0.15) is 0 Å². The van der Waals surface area contributed by atoms with Crippen molar-refractivity contribution in [2.45, 2.75) is 38.6 Å². The van der Waals surface area contributed by atoms with Crippen molar-refractivity contribution in [1.29, 1.82) is 0 Å². The van der Waals surface area contributed by atoms with Crippen LogP contribution in [0.4, 0.5) is 0 Å². The van der Waals surface area contributed by atoms with Gasteiger partial charge in [-0.3, -0.25) is 4.90 Å². The lowest BCUT2D eigenvalue weighted by Crippen LogP contribution is -2.36. The number of rotatable bonds is 2. The molecule has 1 atom stereocenters. The van der Waals surface area contributed by atoms with Crippen LogP contribution in [0.25, 0.3) is 0 Å². The average Bonchev–Trinajstić information content (AvgIpc) is 2.46. The van der Waals surface area contributed by atoms with Crippen molar-refractivity contribution in [1.82, 2.24) is 9.80 Å². The van der Waals surface area contributed by atoms with Crippen LogP contribution in [0, 0.1) is 0 Å². The number of nitrogens with zero attached hydrogens (tertiary/aromatic N) is 2. The van der Waals surface area contributed by atoms with Gasteiger partial charge in [0.2, 0.25) is 0 Å². The molecule has 0 aromatic carbocycles. The molecule has 2 saturated heterocycles. The second-order valence-electron chi connectivity index (χ2n) is 4.49. The van der Waals surface area contributed by atoms with E-state index < -0.39 is 0 Å². The quantitative estimate of drug-likeness (QED) is 0.639. The van der Waals surface area contributed by atoms with E-state index in [2.05, 4.69) is 16.7 Å². The van der Waals surface area contributed by atoms with Crippen LogP contribution in [0.15, 0.2) is 0 Å². The molecule has 76 valence electrons. The maximum Gasteiger partial charge on any atom is 0.0223 e. The Labute approximate surface area is 81.9 Å². The van der Waals surface area contributed by atoms with Gasteiger partial charge in [-0.1, -0.05) is 6.92 Å². The van der Waals surface area contributed by atoms with Gasteiger partial charge >= 0.3 is 0 Å². The van der Waals surface area contributed by atoms with Crippen molar-refractivity contribution in [2.24, 2.45) is 0 Å². The van der Waals surface area contributed by atoms with Gasteiger partial charge in [-0.25, -0.2) is 0 Å². The van der Waals surface area contributed by atoms with E-state index in [0.29, 0.717) is 0 Å². The minimum atomic E-state index is 0.897. The average molecular weight is 182 g/mol. The first-order chi connectivity index (χ1) is 6.40. The lowest BCUT2D eigenvalue weighted by molar-refractivity contribution is 0.220. The highest BCUT2D eigenvalue weighted by molar-refractivity contribution is 4.84. The van der Waals surface area contributed by atoms with Gasteiger partial charge < -0.3 is 4.90 Å². The van der Waals surface area contributed by atoms with Crippen molar-refractivity contribution in [3.05, 3.63) is 0 Å². The van der Waals surface area contributed by atoms with Crippen molar-refractivity contribution >= 4 is 0 Å². The van der Waals surface area contributed by atoms with Crippen LogP contribution in [-0.2, 0) is 0 Å². The topological polar surface area (TPSA) is 6.48 Å². The van der Waals surface area contributed by atoms with Gasteiger partial charge in [0.1, 0.15) is 0 Å². The second kappa shape index (κ2) is 4.43. The number of hydrogen-bond acceptors (Lipinski definition) is 2. The van der Waals surface area contributed by atoms with Gasteiger partial charge in [0.25, 0.3) is 0 Å². The molecule has 2 nitrogen and oxygen atoms in total. The summed E-state index contributed by atoms with van der Waals surface area (Å²) in [7, 11) is 0. The molecule has 2 heterocycles. The van der Waals surface area contributed by atoms with Crippen LogP contribution < -0.4 is 0 Å². The predicted octanol–water partition coefficient (Wildman–Crippen LogP) is 1.57. The van der Waals surface area contributed by atoms with E-state index in [1.807, 2.05) is 0 Å². The third-order valence-electron chi connectivity index (χ3n) is 3.43. The summed E-state index contributed by atoms with van der Waals surface area (Å²) in [5, 5.41) is 0. The first-order valence-electron chi connectivity index (χ1n) is 5.86. The summed E-state index contributed by atoms with van der Waals surface area (Å²) < 4.78 is 0. The van der Waals surface area contributed by atoms with Crippen LogP contribution >= 0.6 is 0 Å². The third kappa shape index (κ3) is 2.23. The minimum Gasteiger partial charge on any atom is -0.302 e. The van der Waals surface area contributed by atoms with Crippen LogP contribution in [-0.4, -0.2) is 48.6 Å². The second-order valence-corrected chi connectivity index (χ2v) is 4.49. The SMILES string of the molecule is CCCN1CCCN2CCCC2C1. The van der Waals surface area contributed by atoms with E-state index in [1.54, 1.807) is 0 Å². The first-order valence-corrected chi connectivity index (χ1v) is 5.86. The maximum absolute atomic E-state index is 2.70. The van der Waals surface area contributed by atoms with E-state index in [1.165, 1.54) is 58.4 Å². The molecule has 2 fully saturated rings. The standard InChI is InChI=1S/C11H22N2/c1-2-6-12-7-4-9-13-8-3-5-11(13)10-12/h11H,2-10H2,1H3. The van der Waals surface area contributed by atoms with E-state index >= 15 is 0 Å². The van der Waals surface area contributed by atoms with E-state index in [0.717, 1.165) is 6.04 Å². The highest BCUT2D eigenvalue weighted by atomic mass is 15.3. The van der Waals surface area contributed by atoms with Gasteiger partial charge in [-0.15, -0.1) is 0 Å². The molecule has 0 saturated carbocycles. The molecule has 2 aliphatic heterocycles. The molecule has 0 N–H and O–H groups in total. The molecule has 0 aliphatic carbocycles. The Bertz CT molecular complexity index is 158. The maximum atomic E-state index is 2.70. The highest BCUT2D eigenvalue weighted by Crippen LogP contribution is 2.21. The lowest BCUT2D eigenvalue weighted by atomic mass is 10.2. The Hall–Kier alpha value is -0.0800. The summed E-state index contributed by atoms with van der Waals surface area (Å²) >= 11 is 0. The first kappa shape index (κ1) is 9.47. The van der Waals surface area contributed by atoms with E-state index in [-0.39, 0.29) is 0 Å². The Morgan fingerprint density at radius 2 is 2.00 bits per heavy atom. The van der Waals surface area contributed by atoms with Crippen molar-refractivity contribution < 1.29 is 0 Å². The zero-order valence-electron chi connectivity index (χ0n) is 8.84. The van der Waals surface area contributed by atoms with Gasteiger partial charge in [0, 0.05) is 12.6 Å². The molecular weight excluding hydrogens is 160 g/mol. The zero-order valence-corrected chi connectivity index (χ0v) is 8.84. The third-order valence-corrected chi connectivity index (χ3v) is 3.43. The molecule has 0 amide bonds. The minimum absolute atomic E-state index is 0.897. The van der Waals surface area contributed by atoms with Crippen LogP contribution in [0.2, 0.25) is 0 Å². The fraction of sp³-hybridized carbons (Fsp3) is 1.00. The Balaban J connectivity index is 1.89. The Kier molecular flexibility index (Phi) is 3.23. The highest BCUT2D eigenvalue weighted by Gasteiger charge is 2.27. The molecule has 0 bridgehead atoms. The molecule has 0 aromatic heterocycles. The van der Waals surface area contributed by atoms with Crippen molar-refractivity contribution in [3.8, 4) is 0 Å². The summed E-state index contributed by atoms with van der Waals surface area (Å²) in [5.74, 6) is 0. The van der Waals surface area contributed by atoms with Gasteiger partial charge in [-0.05, 0) is 51.9 Å². The molecule has 0 aromatic rings. The normalized spacial score (nSPS) is 31.6. The number of fused-ring (bicyclic) bond motifs is 1. The van der Waals surface area contributed by atoms with Crippen LogP contribution in [0.1, 0.15) is 32.6 Å². The summed E-state index contributed by atoms with van der Waals surface area (Å²) in [5.41, 5.74) is 0.